The third kappa shape index (κ3) is 3.15. The van der Waals surface area contributed by atoms with Crippen molar-refractivity contribution in [2.45, 2.75) is 26.2 Å². The number of benzene rings is 1. The van der Waals surface area contributed by atoms with Crippen LogP contribution in [0.3, 0.4) is 0 Å². The van der Waals surface area contributed by atoms with Crippen LogP contribution in [0, 0.1) is 0 Å². The van der Waals surface area contributed by atoms with Gasteiger partial charge in [0.15, 0.2) is 6.29 Å². The molecule has 20 heavy (non-hydrogen) atoms. The van der Waals surface area contributed by atoms with Gasteiger partial charge in [-0.25, -0.2) is 0 Å². The summed E-state index contributed by atoms with van der Waals surface area (Å²) >= 11 is 0. The van der Waals surface area contributed by atoms with Crippen molar-refractivity contribution in [2.24, 2.45) is 0 Å². The van der Waals surface area contributed by atoms with Crippen LogP contribution in [-0.2, 0) is 9.47 Å². The van der Waals surface area contributed by atoms with Crippen molar-refractivity contribution in [3.8, 4) is 0 Å². The van der Waals surface area contributed by atoms with E-state index in [1.165, 1.54) is 5.39 Å². The smallest absolute Gasteiger partial charge is 0.176 e. The Bertz CT molecular complexity index is 533. The molecule has 0 bridgehead atoms. The number of hydrogen-bond donors (Lipinski definition) is 1. The van der Waals surface area contributed by atoms with E-state index in [0.717, 1.165) is 10.9 Å². The highest BCUT2D eigenvalue weighted by Gasteiger charge is 2.24. The maximum atomic E-state index is 5.73. The molecule has 0 radical (unpaired) electrons. The molecule has 0 amide bonds. The minimum absolute atomic E-state index is 0.0252. The van der Waals surface area contributed by atoms with Gasteiger partial charge in [-0.05, 0) is 37.9 Å². The average molecular weight is 274 g/mol. The average Bonchev–Trinajstić information content (AvgIpc) is 2.49. The van der Waals surface area contributed by atoms with Crippen molar-refractivity contribution in [1.29, 1.82) is 0 Å². The van der Waals surface area contributed by atoms with Crippen molar-refractivity contribution < 1.29 is 9.47 Å². The van der Waals surface area contributed by atoms with Crippen LogP contribution in [0.15, 0.2) is 36.7 Å². The second kappa shape index (κ2) is 7.33. The zero-order valence-electron chi connectivity index (χ0n) is 12.3. The molecule has 0 spiro atoms. The molecule has 1 atom stereocenters. The second-order valence-corrected chi connectivity index (χ2v) is 4.49. The summed E-state index contributed by atoms with van der Waals surface area (Å²) in [5, 5.41) is 5.60. The fourth-order valence-electron chi connectivity index (χ4n) is 2.42. The number of nitrogens with one attached hydrogen (secondary N) is 1. The third-order valence-corrected chi connectivity index (χ3v) is 3.30. The zero-order chi connectivity index (χ0) is 14.4. The normalized spacial score (nSPS) is 13.0. The standard InChI is InChI=1S/C16H22N2O2/c1-4-19-16(20-5-2)15(17-3)13-8-6-7-12-9-10-18-11-14(12)13/h6-11,15-17H,4-5H2,1-3H3. The molecule has 2 rings (SSSR count). The predicted octanol–water partition coefficient (Wildman–Crippen LogP) is 2.89. The number of rotatable bonds is 7. The molecule has 0 aliphatic carbocycles. The zero-order valence-corrected chi connectivity index (χ0v) is 12.3. The summed E-state index contributed by atoms with van der Waals surface area (Å²) in [5.74, 6) is 0. The molecule has 2 aromatic rings. The number of likely N-dealkylation sites (N-methyl/N-ethyl adjacent to an activating group) is 1. The Kier molecular flexibility index (Phi) is 5.47. The van der Waals surface area contributed by atoms with E-state index in [-0.39, 0.29) is 12.3 Å². The van der Waals surface area contributed by atoms with Gasteiger partial charge in [0.2, 0.25) is 0 Å². The lowest BCUT2D eigenvalue weighted by molar-refractivity contribution is -0.154. The number of hydrogen-bond acceptors (Lipinski definition) is 4. The molecule has 1 unspecified atom stereocenters. The summed E-state index contributed by atoms with van der Waals surface area (Å²) in [6.45, 7) is 5.19. The van der Waals surface area contributed by atoms with Crippen molar-refractivity contribution in [2.75, 3.05) is 20.3 Å². The summed E-state index contributed by atoms with van der Waals surface area (Å²) in [6, 6.07) is 8.22. The van der Waals surface area contributed by atoms with Crippen LogP contribution in [-0.4, -0.2) is 31.5 Å². The van der Waals surface area contributed by atoms with Crippen LogP contribution < -0.4 is 5.32 Å². The van der Waals surface area contributed by atoms with E-state index in [1.807, 2.05) is 39.4 Å². The summed E-state index contributed by atoms with van der Waals surface area (Å²) in [6.07, 6.45) is 3.40. The minimum atomic E-state index is -0.305. The van der Waals surface area contributed by atoms with Gasteiger partial charge in [0.05, 0.1) is 6.04 Å². The first-order chi connectivity index (χ1) is 9.81. The van der Waals surface area contributed by atoms with Gasteiger partial charge in [-0.1, -0.05) is 18.2 Å². The SMILES string of the molecule is CCOC(OCC)C(NC)c1cccc2ccncc12. The highest BCUT2D eigenvalue weighted by molar-refractivity contribution is 5.85. The Balaban J connectivity index is 2.42. The van der Waals surface area contributed by atoms with Gasteiger partial charge in [-0.3, -0.25) is 4.98 Å². The topological polar surface area (TPSA) is 43.4 Å². The lowest BCUT2D eigenvalue weighted by Gasteiger charge is -2.27. The van der Waals surface area contributed by atoms with Gasteiger partial charge in [-0.2, -0.15) is 0 Å². The van der Waals surface area contributed by atoms with Crippen LogP contribution in [0.25, 0.3) is 10.8 Å². The molecule has 1 aromatic heterocycles. The quantitative estimate of drug-likeness (QED) is 0.788. The first kappa shape index (κ1) is 14.9. The molecule has 108 valence electrons. The van der Waals surface area contributed by atoms with Crippen LogP contribution in [0.2, 0.25) is 0 Å². The molecule has 4 nitrogen and oxygen atoms in total. The molecular weight excluding hydrogens is 252 g/mol. The highest BCUT2D eigenvalue weighted by Crippen LogP contribution is 2.27. The molecule has 4 heteroatoms. The Morgan fingerprint density at radius 1 is 1.15 bits per heavy atom. The molecule has 0 saturated carbocycles. The van der Waals surface area contributed by atoms with E-state index in [0.29, 0.717) is 13.2 Å². The molecule has 1 heterocycles. The van der Waals surface area contributed by atoms with E-state index in [4.69, 9.17) is 9.47 Å². The van der Waals surface area contributed by atoms with Crippen LogP contribution >= 0.6 is 0 Å². The first-order valence-electron chi connectivity index (χ1n) is 7.04. The van der Waals surface area contributed by atoms with Gasteiger partial charge in [0.1, 0.15) is 0 Å². The number of ether oxygens (including phenoxy) is 2. The predicted molar refractivity (Wildman–Crippen MR) is 80.6 cm³/mol. The van der Waals surface area contributed by atoms with Gasteiger partial charge < -0.3 is 14.8 Å². The number of aromatic nitrogens is 1. The van der Waals surface area contributed by atoms with E-state index >= 15 is 0 Å². The molecule has 0 fully saturated rings. The van der Waals surface area contributed by atoms with Crippen molar-refractivity contribution in [3.63, 3.8) is 0 Å². The fourth-order valence-corrected chi connectivity index (χ4v) is 2.42. The Morgan fingerprint density at radius 3 is 2.55 bits per heavy atom. The number of pyridine rings is 1. The van der Waals surface area contributed by atoms with Gasteiger partial charge in [0, 0.05) is 31.0 Å². The number of nitrogens with zero attached hydrogens (tertiary/aromatic N) is 1. The summed E-state index contributed by atoms with van der Waals surface area (Å²) in [5.41, 5.74) is 1.14. The Labute approximate surface area is 120 Å². The molecule has 0 saturated heterocycles. The second-order valence-electron chi connectivity index (χ2n) is 4.49. The minimum Gasteiger partial charge on any atom is -0.351 e. The Hall–Kier alpha value is -1.49. The molecule has 0 aliphatic rings. The van der Waals surface area contributed by atoms with E-state index in [9.17, 15) is 0 Å². The third-order valence-electron chi connectivity index (χ3n) is 3.30. The Morgan fingerprint density at radius 2 is 1.90 bits per heavy atom. The van der Waals surface area contributed by atoms with Crippen LogP contribution in [0.5, 0.6) is 0 Å². The van der Waals surface area contributed by atoms with Gasteiger partial charge in [0.25, 0.3) is 0 Å². The van der Waals surface area contributed by atoms with Crippen LogP contribution in [0.1, 0.15) is 25.5 Å². The first-order valence-corrected chi connectivity index (χ1v) is 7.04. The van der Waals surface area contributed by atoms with Gasteiger partial charge >= 0.3 is 0 Å². The monoisotopic (exact) mass is 274 g/mol. The lowest BCUT2D eigenvalue weighted by atomic mass is 10.00. The summed E-state index contributed by atoms with van der Waals surface area (Å²) in [4.78, 5) is 4.23. The van der Waals surface area contributed by atoms with Gasteiger partial charge in [-0.15, -0.1) is 0 Å². The summed E-state index contributed by atoms with van der Waals surface area (Å²) in [7, 11) is 1.92. The molecule has 1 aromatic carbocycles. The van der Waals surface area contributed by atoms with Crippen molar-refractivity contribution in [1.82, 2.24) is 10.3 Å². The fraction of sp³-hybridized carbons (Fsp3) is 0.438. The summed E-state index contributed by atoms with van der Waals surface area (Å²) < 4.78 is 11.5. The highest BCUT2D eigenvalue weighted by atomic mass is 16.7. The van der Waals surface area contributed by atoms with Crippen LogP contribution in [0.4, 0.5) is 0 Å². The number of fused-ring (bicyclic) bond motifs is 1. The lowest BCUT2D eigenvalue weighted by Crippen LogP contribution is -2.34. The van der Waals surface area contributed by atoms with E-state index in [1.54, 1.807) is 0 Å². The largest absolute Gasteiger partial charge is 0.351 e. The van der Waals surface area contributed by atoms with E-state index < -0.39 is 0 Å². The molecule has 1 N–H and O–H groups in total. The maximum absolute atomic E-state index is 5.73. The maximum Gasteiger partial charge on any atom is 0.176 e. The van der Waals surface area contributed by atoms with Crippen molar-refractivity contribution >= 4 is 10.8 Å². The molecule has 0 aliphatic heterocycles. The van der Waals surface area contributed by atoms with Crippen molar-refractivity contribution in [3.05, 3.63) is 42.2 Å². The molecular formula is C16H22N2O2. The van der Waals surface area contributed by atoms with E-state index in [2.05, 4.69) is 28.5 Å².